The van der Waals surface area contributed by atoms with Gasteiger partial charge in [-0.05, 0) is 34.7 Å². The third kappa shape index (κ3) is 3.24. The molecule has 0 radical (unpaired) electrons. The van der Waals surface area contributed by atoms with Crippen LogP contribution in [0.5, 0.6) is 5.75 Å². The number of hydrogen-bond donors (Lipinski definition) is 1. The Bertz CT molecular complexity index is 649. The molecular weight excluding hydrogens is 264 g/mol. The fourth-order valence-corrected chi connectivity index (χ4v) is 2.22. The summed E-state index contributed by atoms with van der Waals surface area (Å²) < 4.78 is 5.34. The molecule has 0 atom stereocenters. The monoisotopic (exact) mass is 284 g/mol. The van der Waals surface area contributed by atoms with Crippen molar-refractivity contribution in [2.75, 3.05) is 7.11 Å². The molecule has 0 aliphatic rings. The van der Waals surface area contributed by atoms with Gasteiger partial charge >= 0.3 is 5.97 Å². The number of ether oxygens (including phenoxy) is 1. The summed E-state index contributed by atoms with van der Waals surface area (Å²) in [7, 11) is 1.59. The molecule has 0 heterocycles. The number of rotatable bonds is 3. The lowest BCUT2D eigenvalue weighted by atomic mass is 9.86. The first-order valence-electron chi connectivity index (χ1n) is 6.85. The zero-order valence-electron chi connectivity index (χ0n) is 12.8. The molecule has 0 unspecified atom stereocenters. The molecule has 0 aromatic heterocycles. The van der Waals surface area contributed by atoms with Gasteiger partial charge in [0.05, 0.1) is 12.7 Å². The summed E-state index contributed by atoms with van der Waals surface area (Å²) in [6, 6.07) is 13.0. The number of methoxy groups -OCH3 is 1. The second-order valence-corrected chi connectivity index (χ2v) is 6.05. The molecule has 110 valence electrons. The highest BCUT2D eigenvalue weighted by Crippen LogP contribution is 2.32. The third-order valence-electron chi connectivity index (χ3n) is 3.51. The molecule has 1 N–H and O–H groups in total. The van der Waals surface area contributed by atoms with E-state index in [2.05, 4.69) is 32.9 Å². The zero-order valence-corrected chi connectivity index (χ0v) is 12.8. The first-order valence-corrected chi connectivity index (χ1v) is 6.85. The van der Waals surface area contributed by atoms with Gasteiger partial charge in [-0.2, -0.15) is 0 Å². The van der Waals surface area contributed by atoms with Crippen molar-refractivity contribution >= 4 is 5.97 Å². The Morgan fingerprint density at radius 3 is 2.14 bits per heavy atom. The van der Waals surface area contributed by atoms with Gasteiger partial charge in [0.25, 0.3) is 0 Å². The van der Waals surface area contributed by atoms with Crippen molar-refractivity contribution in [1.82, 2.24) is 0 Å². The second-order valence-electron chi connectivity index (χ2n) is 6.05. The van der Waals surface area contributed by atoms with E-state index in [9.17, 15) is 4.79 Å². The van der Waals surface area contributed by atoms with E-state index >= 15 is 0 Å². The van der Waals surface area contributed by atoms with Gasteiger partial charge in [-0.1, -0.05) is 45.0 Å². The van der Waals surface area contributed by atoms with Gasteiger partial charge < -0.3 is 9.84 Å². The van der Waals surface area contributed by atoms with Gasteiger partial charge in [0.15, 0.2) is 0 Å². The Hall–Kier alpha value is -2.29. The van der Waals surface area contributed by atoms with Crippen LogP contribution >= 0.6 is 0 Å². The topological polar surface area (TPSA) is 46.5 Å². The van der Waals surface area contributed by atoms with E-state index in [0.29, 0.717) is 5.75 Å². The molecule has 3 heteroatoms. The maximum absolute atomic E-state index is 11.1. The van der Waals surface area contributed by atoms with Crippen LogP contribution in [-0.2, 0) is 5.41 Å². The summed E-state index contributed by atoms with van der Waals surface area (Å²) in [4.78, 5) is 11.1. The minimum absolute atomic E-state index is 0.0888. The highest BCUT2D eigenvalue weighted by Gasteiger charge is 2.15. The smallest absolute Gasteiger partial charge is 0.335 e. The van der Waals surface area contributed by atoms with Crippen LogP contribution in [0.2, 0.25) is 0 Å². The number of aromatic carboxylic acids is 1. The van der Waals surface area contributed by atoms with E-state index in [-0.39, 0.29) is 11.0 Å². The van der Waals surface area contributed by atoms with Crippen molar-refractivity contribution in [2.24, 2.45) is 0 Å². The van der Waals surface area contributed by atoms with Crippen molar-refractivity contribution in [2.45, 2.75) is 26.2 Å². The van der Waals surface area contributed by atoms with Crippen LogP contribution in [0.15, 0.2) is 42.5 Å². The van der Waals surface area contributed by atoms with Crippen LogP contribution in [0, 0.1) is 0 Å². The molecule has 0 saturated heterocycles. The molecule has 0 spiro atoms. The quantitative estimate of drug-likeness (QED) is 0.911. The predicted molar refractivity (Wildman–Crippen MR) is 84.1 cm³/mol. The Morgan fingerprint density at radius 1 is 1.05 bits per heavy atom. The van der Waals surface area contributed by atoms with Crippen LogP contribution < -0.4 is 4.74 Å². The molecule has 3 nitrogen and oxygen atoms in total. The lowest BCUT2D eigenvalue weighted by Gasteiger charge is -2.19. The summed E-state index contributed by atoms with van der Waals surface area (Å²) in [5, 5.41) is 9.13. The fraction of sp³-hybridized carbons (Fsp3) is 0.278. The van der Waals surface area contributed by atoms with Gasteiger partial charge in [0, 0.05) is 5.56 Å². The molecule has 21 heavy (non-hydrogen) atoms. The number of benzene rings is 2. The highest BCUT2D eigenvalue weighted by atomic mass is 16.5. The Morgan fingerprint density at radius 2 is 1.67 bits per heavy atom. The molecule has 0 amide bonds. The largest absolute Gasteiger partial charge is 0.496 e. The average molecular weight is 284 g/mol. The van der Waals surface area contributed by atoms with Crippen molar-refractivity contribution in [3.63, 3.8) is 0 Å². The molecule has 2 aromatic rings. The average Bonchev–Trinajstić information content (AvgIpc) is 2.45. The number of carboxylic acid groups (broad SMARTS) is 1. The SMILES string of the molecule is COc1ccc(C(=O)O)cc1-c1ccc(C(C)(C)C)cc1. The lowest BCUT2D eigenvalue weighted by Crippen LogP contribution is -2.10. The van der Waals surface area contributed by atoms with E-state index < -0.39 is 5.97 Å². The predicted octanol–water partition coefficient (Wildman–Crippen LogP) is 4.36. The molecule has 0 saturated carbocycles. The number of carboxylic acids is 1. The van der Waals surface area contributed by atoms with Gasteiger partial charge in [0.1, 0.15) is 5.75 Å². The molecule has 0 bridgehead atoms. The standard InChI is InChI=1S/C18H20O3/c1-18(2,3)14-8-5-12(6-9-14)15-11-13(17(19)20)7-10-16(15)21-4/h5-11H,1-4H3,(H,19,20). The third-order valence-corrected chi connectivity index (χ3v) is 3.51. The minimum Gasteiger partial charge on any atom is -0.496 e. The van der Waals surface area contributed by atoms with Crippen LogP contribution in [0.4, 0.5) is 0 Å². The summed E-state index contributed by atoms with van der Waals surface area (Å²) in [5.41, 5.74) is 3.32. The van der Waals surface area contributed by atoms with Crippen LogP contribution in [0.25, 0.3) is 11.1 Å². The van der Waals surface area contributed by atoms with E-state index in [1.807, 2.05) is 12.1 Å². The molecule has 0 aliphatic carbocycles. The molecule has 2 aromatic carbocycles. The maximum atomic E-state index is 11.1. The van der Waals surface area contributed by atoms with Crippen molar-refractivity contribution < 1.29 is 14.6 Å². The van der Waals surface area contributed by atoms with Crippen molar-refractivity contribution in [1.29, 1.82) is 0 Å². The zero-order chi connectivity index (χ0) is 15.6. The summed E-state index contributed by atoms with van der Waals surface area (Å²) >= 11 is 0. The molecule has 0 aliphatic heterocycles. The maximum Gasteiger partial charge on any atom is 0.335 e. The van der Waals surface area contributed by atoms with E-state index in [1.165, 1.54) is 5.56 Å². The Kier molecular flexibility index (Phi) is 4.03. The van der Waals surface area contributed by atoms with Crippen LogP contribution in [0.1, 0.15) is 36.7 Å². The number of hydrogen-bond acceptors (Lipinski definition) is 2. The van der Waals surface area contributed by atoms with E-state index in [4.69, 9.17) is 9.84 Å². The minimum atomic E-state index is -0.940. The van der Waals surface area contributed by atoms with Crippen LogP contribution in [0.3, 0.4) is 0 Å². The highest BCUT2D eigenvalue weighted by molar-refractivity contribution is 5.90. The van der Waals surface area contributed by atoms with Crippen molar-refractivity contribution in [3.8, 4) is 16.9 Å². The second kappa shape index (κ2) is 5.60. The van der Waals surface area contributed by atoms with E-state index in [1.54, 1.807) is 25.3 Å². The lowest BCUT2D eigenvalue weighted by molar-refractivity contribution is 0.0697. The first kappa shape index (κ1) is 15.1. The van der Waals surface area contributed by atoms with Gasteiger partial charge in [-0.15, -0.1) is 0 Å². The normalized spacial score (nSPS) is 11.2. The summed E-state index contributed by atoms with van der Waals surface area (Å²) in [5.74, 6) is -0.270. The van der Waals surface area contributed by atoms with E-state index in [0.717, 1.165) is 11.1 Å². The van der Waals surface area contributed by atoms with Crippen LogP contribution in [-0.4, -0.2) is 18.2 Å². The summed E-state index contributed by atoms with van der Waals surface area (Å²) in [6.07, 6.45) is 0. The molecule has 2 rings (SSSR count). The first-order chi connectivity index (χ1) is 9.82. The summed E-state index contributed by atoms with van der Waals surface area (Å²) in [6.45, 7) is 6.48. The van der Waals surface area contributed by atoms with Gasteiger partial charge in [0.2, 0.25) is 0 Å². The van der Waals surface area contributed by atoms with Gasteiger partial charge in [-0.3, -0.25) is 0 Å². The van der Waals surface area contributed by atoms with Gasteiger partial charge in [-0.25, -0.2) is 4.79 Å². The molecule has 0 fully saturated rings. The fourth-order valence-electron chi connectivity index (χ4n) is 2.22. The molecular formula is C18H20O3. The Balaban J connectivity index is 2.50. The Labute approximate surface area is 125 Å². The number of carbonyl (C=O) groups is 1. The van der Waals surface area contributed by atoms with Crippen molar-refractivity contribution in [3.05, 3.63) is 53.6 Å².